The zero-order valence-electron chi connectivity index (χ0n) is 16.0. The maximum Gasteiger partial charge on any atom is 0.254 e. The first kappa shape index (κ1) is 19.0. The van der Waals surface area contributed by atoms with Gasteiger partial charge >= 0.3 is 0 Å². The van der Waals surface area contributed by atoms with Gasteiger partial charge in [0.2, 0.25) is 5.89 Å². The lowest BCUT2D eigenvalue weighted by molar-refractivity contribution is 0.0717. The molecule has 0 radical (unpaired) electrons. The number of halogens is 2. The number of hydrogen-bond acceptors (Lipinski definition) is 3. The number of likely N-dealkylation sites (tertiary alicyclic amines) is 1. The maximum atomic E-state index is 13.6. The van der Waals surface area contributed by atoms with Gasteiger partial charge in [-0.3, -0.25) is 4.79 Å². The predicted octanol–water partition coefficient (Wildman–Crippen LogP) is 6.37. The van der Waals surface area contributed by atoms with Crippen molar-refractivity contribution in [1.29, 1.82) is 0 Å². The number of benzene rings is 3. The third-order valence-electron chi connectivity index (χ3n) is 5.45. The van der Waals surface area contributed by atoms with Crippen molar-refractivity contribution >= 4 is 32.9 Å². The molecular weight excluding hydrogens is 447 g/mol. The van der Waals surface area contributed by atoms with Gasteiger partial charge in [-0.15, -0.1) is 0 Å². The maximum absolute atomic E-state index is 13.6. The van der Waals surface area contributed by atoms with Gasteiger partial charge in [-0.2, -0.15) is 0 Å². The van der Waals surface area contributed by atoms with Gasteiger partial charge in [-0.05, 0) is 72.5 Å². The molecule has 1 aliphatic rings. The first-order chi connectivity index (χ1) is 14.6. The average Bonchev–Trinajstić information content (AvgIpc) is 3.40. The van der Waals surface area contributed by atoms with E-state index in [2.05, 4.69) is 20.9 Å². The number of hydrogen-bond donors (Lipinski definition) is 0. The normalized spacial score (nSPS) is 16.3. The van der Waals surface area contributed by atoms with E-state index in [9.17, 15) is 9.18 Å². The van der Waals surface area contributed by atoms with E-state index in [4.69, 9.17) is 4.42 Å². The van der Waals surface area contributed by atoms with Crippen LogP contribution in [0.1, 0.15) is 35.1 Å². The van der Waals surface area contributed by atoms with Crippen molar-refractivity contribution in [1.82, 2.24) is 9.88 Å². The van der Waals surface area contributed by atoms with Crippen molar-refractivity contribution in [2.75, 3.05) is 6.54 Å². The Morgan fingerprint density at radius 1 is 1.07 bits per heavy atom. The van der Waals surface area contributed by atoms with E-state index in [1.54, 1.807) is 6.07 Å². The topological polar surface area (TPSA) is 46.3 Å². The number of rotatable bonds is 3. The molecule has 150 valence electrons. The molecule has 5 rings (SSSR count). The summed E-state index contributed by atoms with van der Waals surface area (Å²) in [7, 11) is 0. The van der Waals surface area contributed by atoms with Crippen LogP contribution in [-0.2, 0) is 0 Å². The lowest BCUT2D eigenvalue weighted by Crippen LogP contribution is -2.30. The molecule has 30 heavy (non-hydrogen) atoms. The van der Waals surface area contributed by atoms with E-state index < -0.39 is 0 Å². The smallest absolute Gasteiger partial charge is 0.254 e. The van der Waals surface area contributed by atoms with Crippen LogP contribution in [0.25, 0.3) is 22.2 Å². The van der Waals surface area contributed by atoms with Crippen molar-refractivity contribution in [3.8, 4) is 11.1 Å². The Morgan fingerprint density at radius 2 is 1.87 bits per heavy atom. The molecule has 4 aromatic rings. The molecular formula is C24H18BrFN2O2. The van der Waals surface area contributed by atoms with Crippen LogP contribution in [0.15, 0.2) is 75.6 Å². The zero-order valence-corrected chi connectivity index (χ0v) is 17.6. The number of fused-ring (bicyclic) bond motifs is 1. The van der Waals surface area contributed by atoms with E-state index >= 15 is 0 Å². The lowest BCUT2D eigenvalue weighted by atomic mass is 10.1. The third kappa shape index (κ3) is 3.52. The summed E-state index contributed by atoms with van der Waals surface area (Å²) in [5, 5.41) is 0. The predicted molar refractivity (Wildman–Crippen MR) is 117 cm³/mol. The molecule has 0 bridgehead atoms. The molecule has 1 amide bonds. The summed E-state index contributed by atoms with van der Waals surface area (Å²) in [5.74, 6) is 0.249. The minimum Gasteiger partial charge on any atom is -0.438 e. The van der Waals surface area contributed by atoms with Crippen LogP contribution in [0.2, 0.25) is 0 Å². The van der Waals surface area contributed by atoms with E-state index in [-0.39, 0.29) is 17.8 Å². The molecule has 1 aliphatic heterocycles. The summed E-state index contributed by atoms with van der Waals surface area (Å²) in [6.45, 7) is 0.673. The highest BCUT2D eigenvalue weighted by atomic mass is 79.9. The quantitative estimate of drug-likeness (QED) is 0.353. The van der Waals surface area contributed by atoms with Gasteiger partial charge in [0, 0.05) is 16.6 Å². The average molecular weight is 465 g/mol. The second-order valence-electron chi connectivity index (χ2n) is 7.41. The molecule has 1 fully saturated rings. The Morgan fingerprint density at radius 3 is 2.67 bits per heavy atom. The standard InChI is InChI=1S/C24H18BrFN2O2/c25-18-9-6-15(7-10-18)24(29)28-12-2-5-21(28)23-27-20-14-17(8-11-22(20)30-23)16-3-1-4-19(26)13-16/h1,3-4,6-11,13-14,21H,2,5,12H2/t21-/m0/s1. The number of nitrogens with zero attached hydrogens (tertiary/aromatic N) is 2. The number of carbonyl (C=O) groups is 1. The van der Waals surface area contributed by atoms with Gasteiger partial charge in [0.1, 0.15) is 17.4 Å². The third-order valence-corrected chi connectivity index (χ3v) is 5.98. The number of oxazole rings is 1. The van der Waals surface area contributed by atoms with E-state index in [1.807, 2.05) is 53.4 Å². The van der Waals surface area contributed by atoms with Gasteiger partial charge in [-0.25, -0.2) is 9.37 Å². The van der Waals surface area contributed by atoms with E-state index in [0.29, 0.717) is 29.1 Å². The zero-order chi connectivity index (χ0) is 20.7. The Bertz CT molecular complexity index is 1240. The Balaban J connectivity index is 1.46. The fourth-order valence-corrected chi connectivity index (χ4v) is 4.22. The summed E-state index contributed by atoms with van der Waals surface area (Å²) < 4.78 is 20.5. The summed E-state index contributed by atoms with van der Waals surface area (Å²) in [4.78, 5) is 19.6. The summed E-state index contributed by atoms with van der Waals surface area (Å²) in [5.41, 5.74) is 3.67. The van der Waals surface area contributed by atoms with E-state index in [0.717, 1.165) is 28.4 Å². The molecule has 0 aliphatic carbocycles. The summed E-state index contributed by atoms with van der Waals surface area (Å²) in [6.07, 6.45) is 1.71. The van der Waals surface area contributed by atoms with Gasteiger partial charge in [0.25, 0.3) is 5.91 Å². The molecule has 0 spiro atoms. The highest BCUT2D eigenvalue weighted by molar-refractivity contribution is 9.10. The van der Waals surface area contributed by atoms with Crippen LogP contribution in [0.3, 0.4) is 0 Å². The largest absolute Gasteiger partial charge is 0.438 e. The highest BCUT2D eigenvalue weighted by Gasteiger charge is 2.34. The first-order valence-corrected chi connectivity index (χ1v) is 10.6. The number of carbonyl (C=O) groups excluding carboxylic acids is 1. The molecule has 1 aromatic heterocycles. The van der Waals surface area contributed by atoms with E-state index in [1.165, 1.54) is 12.1 Å². The Hall–Kier alpha value is -2.99. The van der Waals surface area contributed by atoms with Crippen LogP contribution < -0.4 is 0 Å². The second-order valence-corrected chi connectivity index (χ2v) is 8.32. The van der Waals surface area contributed by atoms with Crippen LogP contribution in [0, 0.1) is 5.82 Å². The Labute approximate surface area is 181 Å². The van der Waals surface area contributed by atoms with Crippen LogP contribution in [0.4, 0.5) is 4.39 Å². The second kappa shape index (κ2) is 7.69. The molecule has 0 N–H and O–H groups in total. The molecule has 3 aromatic carbocycles. The summed E-state index contributed by atoms with van der Waals surface area (Å²) >= 11 is 3.40. The monoisotopic (exact) mass is 464 g/mol. The van der Waals surface area contributed by atoms with Crippen molar-refractivity contribution in [2.45, 2.75) is 18.9 Å². The van der Waals surface area contributed by atoms with Gasteiger partial charge in [0.15, 0.2) is 5.58 Å². The fraction of sp³-hybridized carbons (Fsp3) is 0.167. The molecule has 1 saturated heterocycles. The van der Waals surface area contributed by atoms with Crippen LogP contribution in [0.5, 0.6) is 0 Å². The van der Waals surface area contributed by atoms with Crippen molar-refractivity contribution < 1.29 is 13.6 Å². The minimum atomic E-state index is -0.276. The van der Waals surface area contributed by atoms with Gasteiger partial charge < -0.3 is 9.32 Å². The van der Waals surface area contributed by atoms with Crippen molar-refractivity contribution in [2.24, 2.45) is 0 Å². The van der Waals surface area contributed by atoms with Crippen molar-refractivity contribution in [3.63, 3.8) is 0 Å². The van der Waals surface area contributed by atoms with Crippen LogP contribution >= 0.6 is 15.9 Å². The highest BCUT2D eigenvalue weighted by Crippen LogP contribution is 2.35. The number of aromatic nitrogens is 1. The molecule has 0 saturated carbocycles. The minimum absolute atomic E-state index is 0.0206. The lowest BCUT2D eigenvalue weighted by Gasteiger charge is -2.22. The molecule has 0 unspecified atom stereocenters. The molecule has 1 atom stereocenters. The molecule has 6 heteroatoms. The molecule has 2 heterocycles. The summed E-state index contributed by atoms with van der Waals surface area (Å²) in [6, 6.07) is 19.3. The Kier molecular flexibility index (Phi) is 4.87. The van der Waals surface area contributed by atoms with Crippen molar-refractivity contribution in [3.05, 3.63) is 88.5 Å². The SMILES string of the molecule is O=C(c1ccc(Br)cc1)N1CCC[C@H]1c1nc2cc(-c3cccc(F)c3)ccc2o1. The van der Waals surface area contributed by atoms with Gasteiger partial charge in [0.05, 0.1) is 0 Å². The first-order valence-electron chi connectivity index (χ1n) is 9.81. The van der Waals surface area contributed by atoms with Gasteiger partial charge in [-0.1, -0.05) is 34.1 Å². The number of amides is 1. The fourth-order valence-electron chi connectivity index (χ4n) is 3.96. The molecule has 4 nitrogen and oxygen atoms in total. The van der Waals surface area contributed by atoms with Crippen LogP contribution in [-0.4, -0.2) is 22.3 Å².